The lowest BCUT2D eigenvalue weighted by Gasteiger charge is -2.34. The number of aromatic nitrogens is 4. The van der Waals surface area contributed by atoms with Crippen LogP contribution in [0, 0.1) is 18.3 Å². The summed E-state index contributed by atoms with van der Waals surface area (Å²) in [6.07, 6.45) is 8.11. The van der Waals surface area contributed by atoms with Crippen molar-refractivity contribution in [2.45, 2.75) is 39.7 Å². The highest BCUT2D eigenvalue weighted by Crippen LogP contribution is 2.32. The zero-order valence-corrected chi connectivity index (χ0v) is 11.8. The first-order chi connectivity index (χ1) is 8.93. The number of nitrogens with two attached hydrogens (primary N) is 1. The molecule has 0 saturated carbocycles. The van der Waals surface area contributed by atoms with Crippen LogP contribution in [-0.4, -0.2) is 19.5 Å². The van der Waals surface area contributed by atoms with Gasteiger partial charge >= 0.3 is 0 Å². The van der Waals surface area contributed by atoms with Gasteiger partial charge in [0.05, 0.1) is 6.33 Å². The molecule has 0 saturated heterocycles. The molecule has 0 aliphatic rings. The average Bonchev–Trinajstić information content (AvgIpc) is 2.82. The lowest BCUT2D eigenvalue weighted by molar-refractivity contribution is 0.217. The molecule has 19 heavy (non-hydrogen) atoms. The van der Waals surface area contributed by atoms with Crippen molar-refractivity contribution < 1.29 is 0 Å². The van der Waals surface area contributed by atoms with Crippen LogP contribution in [0.15, 0.2) is 6.33 Å². The molecule has 0 unspecified atom stereocenters. The molecule has 5 heteroatoms. The third-order valence-electron chi connectivity index (χ3n) is 4.06. The van der Waals surface area contributed by atoms with Gasteiger partial charge in [-0.1, -0.05) is 20.8 Å². The molecule has 0 spiro atoms. The van der Waals surface area contributed by atoms with Crippen LogP contribution >= 0.6 is 0 Å². The van der Waals surface area contributed by atoms with Crippen molar-refractivity contribution in [1.82, 2.24) is 19.5 Å². The molecule has 0 aromatic carbocycles. The van der Waals surface area contributed by atoms with Crippen LogP contribution < -0.4 is 5.73 Å². The summed E-state index contributed by atoms with van der Waals surface area (Å²) in [6.45, 7) is 8.70. The van der Waals surface area contributed by atoms with Crippen LogP contribution in [0.2, 0.25) is 0 Å². The van der Waals surface area contributed by atoms with Crippen molar-refractivity contribution in [1.29, 1.82) is 0 Å². The van der Waals surface area contributed by atoms with Gasteiger partial charge in [-0.25, -0.2) is 15.0 Å². The quantitative estimate of drug-likeness (QED) is 0.855. The van der Waals surface area contributed by atoms with Gasteiger partial charge < -0.3 is 10.3 Å². The number of terminal acetylenes is 1. The maximum Gasteiger partial charge on any atom is 0.208 e. The largest absolute Gasteiger partial charge is 0.382 e. The number of rotatable bonds is 3. The molecule has 0 bridgehead atoms. The molecule has 0 aliphatic carbocycles. The molecular formula is C14H19N5. The molecule has 0 fully saturated rings. The van der Waals surface area contributed by atoms with Gasteiger partial charge in [-0.3, -0.25) is 0 Å². The van der Waals surface area contributed by atoms with Crippen LogP contribution in [0.25, 0.3) is 11.2 Å². The van der Waals surface area contributed by atoms with Gasteiger partial charge in [0, 0.05) is 5.54 Å². The molecule has 1 atom stereocenters. The van der Waals surface area contributed by atoms with Crippen LogP contribution in [0.5, 0.6) is 0 Å². The molecule has 0 aliphatic heterocycles. The maximum absolute atomic E-state index is 5.88. The second kappa shape index (κ2) is 4.54. The summed E-state index contributed by atoms with van der Waals surface area (Å²) < 4.78 is 2.06. The summed E-state index contributed by atoms with van der Waals surface area (Å²) in [5, 5.41) is 0. The average molecular weight is 257 g/mol. The molecule has 100 valence electrons. The molecule has 5 nitrogen and oxygen atoms in total. The van der Waals surface area contributed by atoms with E-state index >= 15 is 0 Å². The van der Waals surface area contributed by atoms with Gasteiger partial charge in [-0.15, -0.1) is 6.42 Å². The van der Waals surface area contributed by atoms with E-state index in [1.807, 2.05) is 0 Å². The molecule has 2 aromatic rings. The second-order valence-electron chi connectivity index (χ2n) is 5.23. The Morgan fingerprint density at radius 2 is 2.16 bits per heavy atom. The Kier molecular flexibility index (Phi) is 3.19. The predicted octanol–water partition coefficient (Wildman–Crippen LogP) is 2.17. The van der Waals surface area contributed by atoms with E-state index in [1.54, 1.807) is 6.33 Å². The normalized spacial score (nSPS) is 14.5. The van der Waals surface area contributed by atoms with E-state index in [0.717, 1.165) is 6.42 Å². The third kappa shape index (κ3) is 1.93. The summed E-state index contributed by atoms with van der Waals surface area (Å²) in [4.78, 5) is 12.8. The van der Waals surface area contributed by atoms with Crippen LogP contribution in [0.1, 0.15) is 39.9 Å². The van der Waals surface area contributed by atoms with Gasteiger partial charge in [0.25, 0.3) is 0 Å². The topological polar surface area (TPSA) is 69.6 Å². The first-order valence-electron chi connectivity index (χ1n) is 6.41. The minimum Gasteiger partial charge on any atom is -0.382 e. The molecule has 2 rings (SSSR count). The van der Waals surface area contributed by atoms with E-state index in [4.69, 9.17) is 12.2 Å². The van der Waals surface area contributed by atoms with Crippen molar-refractivity contribution in [3.05, 3.63) is 12.2 Å². The number of imidazole rings is 1. The van der Waals surface area contributed by atoms with E-state index in [9.17, 15) is 0 Å². The minimum absolute atomic E-state index is 0.0819. The highest BCUT2D eigenvalue weighted by atomic mass is 15.2. The number of hydrogen-bond acceptors (Lipinski definition) is 4. The molecule has 0 amide bonds. The first kappa shape index (κ1) is 13.3. The van der Waals surface area contributed by atoms with Crippen molar-refractivity contribution in [2.75, 3.05) is 5.73 Å². The Hall–Kier alpha value is -2.09. The predicted molar refractivity (Wildman–Crippen MR) is 76.4 cm³/mol. The van der Waals surface area contributed by atoms with Crippen LogP contribution in [-0.2, 0) is 5.54 Å². The zero-order chi connectivity index (χ0) is 14.2. The van der Waals surface area contributed by atoms with E-state index in [0.29, 0.717) is 28.7 Å². The van der Waals surface area contributed by atoms with Gasteiger partial charge in [0.1, 0.15) is 5.52 Å². The fraction of sp³-hybridized carbons (Fsp3) is 0.500. The van der Waals surface area contributed by atoms with Gasteiger partial charge in [-0.2, -0.15) is 0 Å². The zero-order valence-electron chi connectivity index (χ0n) is 11.8. The Balaban J connectivity index is 2.76. The number of fused-ring (bicyclic) bond motifs is 1. The minimum atomic E-state index is -0.0819. The summed E-state index contributed by atoms with van der Waals surface area (Å²) in [7, 11) is 0. The van der Waals surface area contributed by atoms with Crippen molar-refractivity contribution in [3.63, 3.8) is 0 Å². The Morgan fingerprint density at radius 3 is 2.68 bits per heavy atom. The fourth-order valence-electron chi connectivity index (χ4n) is 2.22. The number of anilines is 1. The van der Waals surface area contributed by atoms with E-state index in [2.05, 4.69) is 53.1 Å². The molecule has 0 radical (unpaired) electrons. The van der Waals surface area contributed by atoms with Crippen molar-refractivity contribution >= 4 is 17.0 Å². The van der Waals surface area contributed by atoms with Crippen molar-refractivity contribution in [3.8, 4) is 12.3 Å². The fourth-order valence-corrected chi connectivity index (χ4v) is 2.22. The molecule has 2 heterocycles. The summed E-state index contributed by atoms with van der Waals surface area (Å²) >= 11 is 0. The number of hydrogen-bond donors (Lipinski definition) is 1. The lowest BCUT2D eigenvalue weighted by Crippen LogP contribution is -2.34. The Morgan fingerprint density at radius 1 is 1.47 bits per heavy atom. The Labute approximate surface area is 113 Å². The number of nitrogen functional groups attached to an aromatic ring is 1. The Bertz CT molecular complexity index is 650. The summed E-state index contributed by atoms with van der Waals surface area (Å²) in [5.74, 6) is 3.50. The maximum atomic E-state index is 5.88. The van der Waals surface area contributed by atoms with Crippen molar-refractivity contribution in [2.24, 2.45) is 5.92 Å². The standard InChI is InChI=1S/C14H19N5/c1-6-10-17-12(15)11-13(18-10)19(8-16-11)14(5,7-2)9(3)4/h1,8-9H,7H2,2-5H3,(H2,15,17,18)/t14-/m0/s1. The van der Waals surface area contributed by atoms with Gasteiger partial charge in [0.15, 0.2) is 11.5 Å². The second-order valence-corrected chi connectivity index (χ2v) is 5.23. The van der Waals surface area contributed by atoms with E-state index in [-0.39, 0.29) is 5.54 Å². The SMILES string of the molecule is C#Cc1nc(N)c2ncn([C@@](C)(CC)C(C)C)c2n1. The van der Waals surface area contributed by atoms with Crippen LogP contribution in [0.4, 0.5) is 5.82 Å². The van der Waals surface area contributed by atoms with Crippen LogP contribution in [0.3, 0.4) is 0 Å². The third-order valence-corrected chi connectivity index (χ3v) is 4.06. The summed E-state index contributed by atoms with van der Waals surface area (Å²) in [6, 6.07) is 0. The van der Waals surface area contributed by atoms with Gasteiger partial charge in [-0.05, 0) is 25.2 Å². The molecule has 2 aromatic heterocycles. The smallest absolute Gasteiger partial charge is 0.208 e. The molecular weight excluding hydrogens is 238 g/mol. The lowest BCUT2D eigenvalue weighted by atomic mass is 9.85. The highest BCUT2D eigenvalue weighted by molar-refractivity contribution is 5.82. The first-order valence-corrected chi connectivity index (χ1v) is 6.41. The van der Waals surface area contributed by atoms with E-state index in [1.165, 1.54) is 0 Å². The van der Waals surface area contributed by atoms with Gasteiger partial charge in [0.2, 0.25) is 5.82 Å². The molecule has 2 N–H and O–H groups in total. The number of nitrogens with zero attached hydrogens (tertiary/aromatic N) is 4. The van der Waals surface area contributed by atoms with E-state index < -0.39 is 0 Å². The summed E-state index contributed by atoms with van der Waals surface area (Å²) in [5.41, 5.74) is 7.12. The highest BCUT2D eigenvalue weighted by Gasteiger charge is 2.30. The monoisotopic (exact) mass is 257 g/mol.